The minimum atomic E-state index is -3.99. The van der Waals surface area contributed by atoms with Crippen molar-refractivity contribution in [3.05, 3.63) is 53.1 Å². The highest BCUT2D eigenvalue weighted by Crippen LogP contribution is 2.27. The molecule has 9 nitrogen and oxygen atoms in total. The van der Waals surface area contributed by atoms with Crippen LogP contribution in [-0.2, 0) is 31.4 Å². The molecule has 2 aromatic carbocycles. The lowest BCUT2D eigenvalue weighted by atomic mass is 10.2. The molecular weight excluding hydrogens is 478 g/mol. The first-order chi connectivity index (χ1) is 14.9. The molecule has 0 saturated heterocycles. The molecule has 0 saturated carbocycles. The highest BCUT2D eigenvalue weighted by molar-refractivity contribution is 7.89. The van der Waals surface area contributed by atoms with E-state index >= 15 is 0 Å². The van der Waals surface area contributed by atoms with Crippen LogP contribution in [0.3, 0.4) is 0 Å². The van der Waals surface area contributed by atoms with Crippen molar-refractivity contribution in [2.45, 2.75) is 36.2 Å². The van der Waals surface area contributed by atoms with Gasteiger partial charge in [0.25, 0.3) is 0 Å². The van der Waals surface area contributed by atoms with Crippen LogP contribution in [0.5, 0.6) is 5.75 Å². The van der Waals surface area contributed by atoms with E-state index in [1.807, 2.05) is 0 Å². The minimum Gasteiger partial charge on any atom is -0.492 e. The predicted molar refractivity (Wildman–Crippen MR) is 122 cm³/mol. The lowest BCUT2D eigenvalue weighted by Crippen LogP contribution is -2.44. The summed E-state index contributed by atoms with van der Waals surface area (Å²) < 4.78 is 58.0. The first kappa shape index (κ1) is 26.1. The molecule has 176 valence electrons. The molecule has 0 spiro atoms. The molecule has 0 fully saturated rings. The molecule has 0 unspecified atom stereocenters. The average molecular weight is 504 g/mol. The summed E-state index contributed by atoms with van der Waals surface area (Å²) in [6, 6.07) is 9.03. The Morgan fingerprint density at radius 3 is 2.19 bits per heavy atom. The Hall–Kier alpha value is -2.18. The van der Waals surface area contributed by atoms with Crippen LogP contribution < -0.4 is 14.8 Å². The van der Waals surface area contributed by atoms with Crippen molar-refractivity contribution in [1.82, 2.24) is 14.3 Å². The summed E-state index contributed by atoms with van der Waals surface area (Å²) in [5.41, 5.74) is 0.657. The van der Waals surface area contributed by atoms with Crippen LogP contribution in [0.4, 0.5) is 0 Å². The molecule has 0 bridgehead atoms. The topological polar surface area (TPSA) is 122 Å². The molecule has 0 aliphatic heterocycles. The number of hydrogen-bond acceptors (Lipinski definition) is 6. The quantitative estimate of drug-likeness (QED) is 0.511. The standard InChI is InChI=1S/C20H26ClN3O6S2/c1-5-30-19-11-10-17(12-18(19)21)31(26,27)23-14(2)20(25)22-13-15-6-8-16(9-7-15)32(28,29)24(3)4/h6-12,14,23H,5,13H2,1-4H3,(H,22,25)/t14-/m0/s1. The third kappa shape index (κ3) is 6.42. The number of ether oxygens (including phenoxy) is 1. The van der Waals surface area contributed by atoms with Gasteiger partial charge in [0.05, 0.1) is 27.5 Å². The second kappa shape index (κ2) is 10.6. The Balaban J connectivity index is 2.00. The van der Waals surface area contributed by atoms with Crippen molar-refractivity contribution < 1.29 is 26.4 Å². The SMILES string of the molecule is CCOc1ccc(S(=O)(=O)N[C@@H](C)C(=O)NCc2ccc(S(=O)(=O)N(C)C)cc2)cc1Cl. The monoisotopic (exact) mass is 503 g/mol. The average Bonchev–Trinajstić information content (AvgIpc) is 2.73. The van der Waals surface area contributed by atoms with Gasteiger partial charge in [-0.05, 0) is 49.7 Å². The van der Waals surface area contributed by atoms with Crippen molar-refractivity contribution in [2.24, 2.45) is 0 Å². The van der Waals surface area contributed by atoms with Gasteiger partial charge in [-0.2, -0.15) is 4.72 Å². The number of halogens is 1. The highest BCUT2D eigenvalue weighted by atomic mass is 35.5. The van der Waals surface area contributed by atoms with Crippen molar-refractivity contribution in [1.29, 1.82) is 0 Å². The van der Waals surface area contributed by atoms with Gasteiger partial charge in [0.15, 0.2) is 0 Å². The third-order valence-electron chi connectivity index (χ3n) is 4.41. The van der Waals surface area contributed by atoms with Crippen molar-refractivity contribution in [3.63, 3.8) is 0 Å². The fourth-order valence-corrected chi connectivity index (χ4v) is 5.04. The first-order valence-electron chi connectivity index (χ1n) is 9.62. The Bertz CT molecular complexity index is 1170. The fraction of sp³-hybridized carbons (Fsp3) is 0.350. The number of carbonyl (C=O) groups is 1. The van der Waals surface area contributed by atoms with E-state index in [1.165, 1.54) is 51.4 Å². The van der Waals surface area contributed by atoms with Crippen LogP contribution in [0.15, 0.2) is 52.3 Å². The van der Waals surface area contributed by atoms with E-state index in [2.05, 4.69) is 10.0 Å². The summed E-state index contributed by atoms with van der Waals surface area (Å²) in [7, 11) is -4.66. The molecule has 1 amide bonds. The Kier molecular flexibility index (Phi) is 8.66. The molecule has 0 aliphatic carbocycles. The first-order valence-corrected chi connectivity index (χ1v) is 12.9. The van der Waals surface area contributed by atoms with Gasteiger partial charge in [-0.25, -0.2) is 21.1 Å². The number of amides is 1. The van der Waals surface area contributed by atoms with Gasteiger partial charge in [-0.15, -0.1) is 0 Å². The van der Waals surface area contributed by atoms with Gasteiger partial charge in [0, 0.05) is 20.6 Å². The molecular formula is C20H26ClN3O6S2. The van der Waals surface area contributed by atoms with E-state index in [1.54, 1.807) is 19.1 Å². The maximum atomic E-state index is 12.6. The summed E-state index contributed by atoms with van der Waals surface area (Å²) in [6.07, 6.45) is 0. The fourth-order valence-electron chi connectivity index (χ4n) is 2.61. The minimum absolute atomic E-state index is 0.0942. The number of hydrogen-bond donors (Lipinski definition) is 2. The van der Waals surface area contributed by atoms with Crippen molar-refractivity contribution in [3.8, 4) is 5.75 Å². The van der Waals surface area contributed by atoms with Gasteiger partial charge in [0.2, 0.25) is 26.0 Å². The van der Waals surface area contributed by atoms with Gasteiger partial charge in [-0.3, -0.25) is 4.79 Å². The van der Waals surface area contributed by atoms with Crippen LogP contribution in [0.25, 0.3) is 0 Å². The summed E-state index contributed by atoms with van der Waals surface area (Å²) in [5, 5.41) is 2.76. The molecule has 1 atom stereocenters. The van der Waals surface area contributed by atoms with E-state index in [0.29, 0.717) is 17.9 Å². The van der Waals surface area contributed by atoms with Crippen LogP contribution in [0, 0.1) is 0 Å². The number of rotatable bonds is 10. The Labute approximate surface area is 193 Å². The van der Waals surface area contributed by atoms with Gasteiger partial charge in [0.1, 0.15) is 5.75 Å². The Morgan fingerprint density at radius 1 is 1.06 bits per heavy atom. The van der Waals surface area contributed by atoms with Gasteiger partial charge in [-0.1, -0.05) is 23.7 Å². The van der Waals surface area contributed by atoms with E-state index < -0.39 is 32.0 Å². The second-order valence-electron chi connectivity index (χ2n) is 7.02. The zero-order valence-corrected chi connectivity index (χ0v) is 20.5. The van der Waals surface area contributed by atoms with E-state index in [0.717, 1.165) is 4.31 Å². The molecule has 0 radical (unpaired) electrons. The zero-order chi connectivity index (χ0) is 24.1. The third-order valence-corrected chi connectivity index (χ3v) is 8.07. The van der Waals surface area contributed by atoms with Crippen LogP contribution in [0.2, 0.25) is 5.02 Å². The molecule has 2 aromatic rings. The lowest BCUT2D eigenvalue weighted by Gasteiger charge is -2.15. The molecule has 0 aliphatic rings. The summed E-state index contributed by atoms with van der Waals surface area (Å²) >= 11 is 6.05. The summed E-state index contributed by atoms with van der Waals surface area (Å²) in [5.74, 6) is -0.182. The number of carbonyl (C=O) groups excluding carboxylic acids is 1. The smallest absolute Gasteiger partial charge is 0.242 e. The summed E-state index contributed by atoms with van der Waals surface area (Å²) in [6.45, 7) is 3.68. The van der Waals surface area contributed by atoms with Gasteiger partial charge >= 0.3 is 0 Å². The maximum Gasteiger partial charge on any atom is 0.242 e. The molecule has 2 rings (SSSR count). The highest BCUT2D eigenvalue weighted by Gasteiger charge is 2.23. The number of nitrogens with one attached hydrogen (secondary N) is 2. The summed E-state index contributed by atoms with van der Waals surface area (Å²) in [4.78, 5) is 12.4. The maximum absolute atomic E-state index is 12.6. The van der Waals surface area contributed by atoms with E-state index in [-0.39, 0.29) is 21.4 Å². The number of nitrogens with zero attached hydrogens (tertiary/aromatic N) is 1. The van der Waals surface area contributed by atoms with Crippen molar-refractivity contribution in [2.75, 3.05) is 20.7 Å². The molecule has 0 heterocycles. The molecule has 0 aromatic heterocycles. The lowest BCUT2D eigenvalue weighted by molar-refractivity contribution is -0.122. The van der Waals surface area contributed by atoms with Crippen LogP contribution in [0.1, 0.15) is 19.4 Å². The normalized spacial score (nSPS) is 13.1. The second-order valence-corrected chi connectivity index (χ2v) is 11.3. The van der Waals surface area contributed by atoms with Crippen molar-refractivity contribution >= 4 is 37.6 Å². The zero-order valence-electron chi connectivity index (χ0n) is 18.1. The van der Waals surface area contributed by atoms with E-state index in [9.17, 15) is 21.6 Å². The number of benzene rings is 2. The number of sulfonamides is 2. The molecule has 12 heteroatoms. The van der Waals surface area contributed by atoms with Gasteiger partial charge < -0.3 is 10.1 Å². The van der Waals surface area contributed by atoms with E-state index in [4.69, 9.17) is 16.3 Å². The largest absolute Gasteiger partial charge is 0.492 e. The van der Waals surface area contributed by atoms with Crippen LogP contribution >= 0.6 is 11.6 Å². The van der Waals surface area contributed by atoms with Crippen LogP contribution in [-0.4, -0.2) is 53.8 Å². The Morgan fingerprint density at radius 2 is 1.66 bits per heavy atom. The molecule has 32 heavy (non-hydrogen) atoms. The molecule has 2 N–H and O–H groups in total. The predicted octanol–water partition coefficient (Wildman–Crippen LogP) is 1.97.